The number of carbonyl (C=O) groups is 1. The number of ether oxygens (including phenoxy) is 1. The number of likely N-dealkylation sites (N-methyl/N-ethyl adjacent to an activating group) is 1. The van der Waals surface area contributed by atoms with E-state index in [9.17, 15) is 4.79 Å². The van der Waals surface area contributed by atoms with Gasteiger partial charge < -0.3 is 9.64 Å². The first-order valence-corrected chi connectivity index (χ1v) is 6.92. The fourth-order valence-electron chi connectivity index (χ4n) is 1.87. The van der Waals surface area contributed by atoms with Crippen LogP contribution in [-0.4, -0.2) is 26.2 Å². The average Bonchev–Trinajstić information content (AvgIpc) is 2.54. The number of hydrogen-bond acceptors (Lipinski definition) is 3. The Morgan fingerprint density at radius 2 is 1.67 bits per heavy atom. The second-order valence-electron chi connectivity index (χ2n) is 4.67. The number of nitrogens with zero attached hydrogens (tertiary/aromatic N) is 1. The molecule has 0 amide bonds. The highest BCUT2D eigenvalue weighted by atomic mass is 16.5. The first-order valence-electron chi connectivity index (χ1n) is 6.92. The number of carbonyl (C=O) groups excluding carboxylic acids is 1. The Bertz CT molecular complexity index is 579. The Labute approximate surface area is 125 Å². The van der Waals surface area contributed by atoms with E-state index in [2.05, 4.69) is 0 Å². The summed E-state index contributed by atoms with van der Waals surface area (Å²) in [5.74, 6) is -0.319. The number of para-hydroxylation sites is 1. The minimum absolute atomic E-state index is 0.319. The van der Waals surface area contributed by atoms with Crippen molar-refractivity contribution >= 4 is 17.7 Å². The highest BCUT2D eigenvalue weighted by Crippen LogP contribution is 2.10. The van der Waals surface area contributed by atoms with E-state index in [1.165, 1.54) is 6.08 Å². The SMILES string of the molecule is CN(CCOC(=O)C=Cc1ccccc1)c1ccccc1. The summed E-state index contributed by atoms with van der Waals surface area (Å²) in [7, 11) is 1.98. The molecule has 0 aliphatic rings. The summed E-state index contributed by atoms with van der Waals surface area (Å²) in [4.78, 5) is 13.7. The molecule has 2 aromatic carbocycles. The third-order valence-electron chi connectivity index (χ3n) is 3.08. The lowest BCUT2D eigenvalue weighted by Crippen LogP contribution is -2.23. The zero-order valence-corrected chi connectivity index (χ0v) is 12.1. The smallest absolute Gasteiger partial charge is 0.330 e. The van der Waals surface area contributed by atoms with Crippen molar-refractivity contribution in [3.8, 4) is 0 Å². The standard InChI is InChI=1S/C18H19NO2/c1-19(17-10-6-3-7-11-17)14-15-21-18(20)13-12-16-8-4-2-5-9-16/h2-13H,14-15H2,1H3. The normalized spacial score (nSPS) is 10.5. The lowest BCUT2D eigenvalue weighted by Gasteiger charge is -2.18. The van der Waals surface area contributed by atoms with E-state index in [0.717, 1.165) is 11.3 Å². The van der Waals surface area contributed by atoms with Crippen LogP contribution in [0.25, 0.3) is 6.08 Å². The molecule has 0 fully saturated rings. The summed E-state index contributed by atoms with van der Waals surface area (Å²) in [5.41, 5.74) is 2.09. The van der Waals surface area contributed by atoms with Gasteiger partial charge in [0, 0.05) is 18.8 Å². The second kappa shape index (κ2) is 7.90. The molecule has 0 bridgehead atoms. The molecule has 2 rings (SSSR count). The molecule has 0 atom stereocenters. The van der Waals surface area contributed by atoms with Crippen LogP contribution in [0.3, 0.4) is 0 Å². The van der Waals surface area contributed by atoms with Gasteiger partial charge in [-0.15, -0.1) is 0 Å². The third kappa shape index (κ3) is 5.15. The maximum absolute atomic E-state index is 11.6. The van der Waals surface area contributed by atoms with Crippen LogP contribution in [0.5, 0.6) is 0 Å². The molecule has 0 spiro atoms. The van der Waals surface area contributed by atoms with E-state index in [1.54, 1.807) is 6.08 Å². The number of hydrogen-bond donors (Lipinski definition) is 0. The van der Waals surface area contributed by atoms with Gasteiger partial charge in [-0.25, -0.2) is 4.79 Å². The fourth-order valence-corrected chi connectivity index (χ4v) is 1.87. The molecule has 108 valence electrons. The highest BCUT2D eigenvalue weighted by Gasteiger charge is 2.01. The van der Waals surface area contributed by atoms with Crippen LogP contribution < -0.4 is 4.90 Å². The molecule has 0 aliphatic carbocycles. The molecule has 0 unspecified atom stereocenters. The Kier molecular flexibility index (Phi) is 5.59. The van der Waals surface area contributed by atoms with Crippen LogP contribution in [0.15, 0.2) is 66.7 Å². The van der Waals surface area contributed by atoms with Gasteiger partial charge in [0.25, 0.3) is 0 Å². The van der Waals surface area contributed by atoms with Gasteiger partial charge in [0.05, 0.1) is 6.54 Å². The van der Waals surface area contributed by atoms with Crippen molar-refractivity contribution in [1.82, 2.24) is 0 Å². The molecule has 0 N–H and O–H groups in total. The molecule has 0 heterocycles. The van der Waals surface area contributed by atoms with Crippen molar-refractivity contribution in [2.24, 2.45) is 0 Å². The summed E-state index contributed by atoms with van der Waals surface area (Å²) >= 11 is 0. The van der Waals surface area contributed by atoms with E-state index < -0.39 is 0 Å². The zero-order chi connectivity index (χ0) is 14.9. The van der Waals surface area contributed by atoms with Gasteiger partial charge in [-0.05, 0) is 23.8 Å². The predicted octanol–water partition coefficient (Wildman–Crippen LogP) is 3.38. The highest BCUT2D eigenvalue weighted by molar-refractivity contribution is 5.87. The van der Waals surface area contributed by atoms with Gasteiger partial charge in [0.1, 0.15) is 6.61 Å². The lowest BCUT2D eigenvalue weighted by atomic mass is 10.2. The molecule has 0 radical (unpaired) electrons. The summed E-state index contributed by atoms with van der Waals surface area (Å²) < 4.78 is 5.19. The molecular weight excluding hydrogens is 262 g/mol. The second-order valence-corrected chi connectivity index (χ2v) is 4.67. The van der Waals surface area contributed by atoms with E-state index in [0.29, 0.717) is 13.2 Å². The van der Waals surface area contributed by atoms with Gasteiger partial charge in [-0.2, -0.15) is 0 Å². The molecule has 21 heavy (non-hydrogen) atoms. The minimum Gasteiger partial charge on any atom is -0.461 e. The van der Waals surface area contributed by atoms with E-state index in [1.807, 2.05) is 72.6 Å². The van der Waals surface area contributed by atoms with Crippen LogP contribution in [0.2, 0.25) is 0 Å². The van der Waals surface area contributed by atoms with Crippen molar-refractivity contribution < 1.29 is 9.53 Å². The molecule has 3 heteroatoms. The molecular formula is C18H19NO2. The van der Waals surface area contributed by atoms with Crippen molar-refractivity contribution in [2.45, 2.75) is 0 Å². The topological polar surface area (TPSA) is 29.5 Å². The van der Waals surface area contributed by atoms with Crippen molar-refractivity contribution in [1.29, 1.82) is 0 Å². The van der Waals surface area contributed by atoms with E-state index in [-0.39, 0.29) is 5.97 Å². The largest absolute Gasteiger partial charge is 0.461 e. The Morgan fingerprint density at radius 3 is 2.33 bits per heavy atom. The summed E-state index contributed by atoms with van der Waals surface area (Å²) in [6.45, 7) is 1.03. The minimum atomic E-state index is -0.319. The van der Waals surface area contributed by atoms with E-state index >= 15 is 0 Å². The maximum atomic E-state index is 11.6. The number of esters is 1. The fraction of sp³-hybridized carbons (Fsp3) is 0.167. The van der Waals surface area contributed by atoms with Crippen LogP contribution in [-0.2, 0) is 9.53 Å². The summed E-state index contributed by atoms with van der Waals surface area (Å²) in [6.07, 6.45) is 3.21. The summed E-state index contributed by atoms with van der Waals surface area (Å²) in [5, 5.41) is 0. The third-order valence-corrected chi connectivity index (χ3v) is 3.08. The Balaban J connectivity index is 1.73. The molecule has 0 saturated heterocycles. The monoisotopic (exact) mass is 281 g/mol. The number of anilines is 1. The number of rotatable bonds is 6. The zero-order valence-electron chi connectivity index (χ0n) is 12.1. The lowest BCUT2D eigenvalue weighted by molar-refractivity contribution is -0.137. The van der Waals surface area contributed by atoms with Gasteiger partial charge >= 0.3 is 5.97 Å². The molecule has 0 aromatic heterocycles. The van der Waals surface area contributed by atoms with Gasteiger partial charge in [0.15, 0.2) is 0 Å². The Hall–Kier alpha value is -2.55. The first-order chi connectivity index (χ1) is 10.3. The molecule has 0 saturated carbocycles. The van der Waals surface area contributed by atoms with E-state index in [4.69, 9.17) is 4.74 Å². The van der Waals surface area contributed by atoms with Gasteiger partial charge in [-0.3, -0.25) is 0 Å². The van der Waals surface area contributed by atoms with Crippen molar-refractivity contribution in [3.63, 3.8) is 0 Å². The van der Waals surface area contributed by atoms with Gasteiger partial charge in [-0.1, -0.05) is 48.5 Å². The maximum Gasteiger partial charge on any atom is 0.330 e. The van der Waals surface area contributed by atoms with Crippen LogP contribution in [0.4, 0.5) is 5.69 Å². The molecule has 2 aromatic rings. The van der Waals surface area contributed by atoms with Crippen LogP contribution >= 0.6 is 0 Å². The summed E-state index contributed by atoms with van der Waals surface area (Å²) in [6, 6.07) is 19.7. The number of benzene rings is 2. The van der Waals surface area contributed by atoms with Crippen LogP contribution in [0, 0.1) is 0 Å². The first kappa shape index (κ1) is 14.9. The van der Waals surface area contributed by atoms with Gasteiger partial charge in [0.2, 0.25) is 0 Å². The van der Waals surface area contributed by atoms with Crippen molar-refractivity contribution in [2.75, 3.05) is 25.1 Å². The quantitative estimate of drug-likeness (QED) is 0.600. The van der Waals surface area contributed by atoms with Crippen molar-refractivity contribution in [3.05, 3.63) is 72.3 Å². The predicted molar refractivity (Wildman–Crippen MR) is 86.1 cm³/mol. The molecule has 3 nitrogen and oxygen atoms in total. The molecule has 0 aliphatic heterocycles. The average molecular weight is 281 g/mol. The Morgan fingerprint density at radius 1 is 1.05 bits per heavy atom. The van der Waals surface area contributed by atoms with Crippen LogP contribution in [0.1, 0.15) is 5.56 Å².